The van der Waals surface area contributed by atoms with E-state index in [-0.39, 0.29) is 6.42 Å². The van der Waals surface area contributed by atoms with Crippen molar-refractivity contribution in [3.8, 4) is 0 Å². The molecule has 92 valence electrons. The minimum absolute atomic E-state index is 0.0589. The number of carboxylic acid groups (broad SMARTS) is 1. The first-order valence-corrected chi connectivity index (χ1v) is 5.48. The first-order chi connectivity index (χ1) is 8.09. The van der Waals surface area contributed by atoms with Crippen molar-refractivity contribution >= 4 is 5.97 Å². The number of hydrogen-bond donors (Lipinski definition) is 3. The van der Waals surface area contributed by atoms with Gasteiger partial charge in [0.2, 0.25) is 0 Å². The van der Waals surface area contributed by atoms with Gasteiger partial charge < -0.3 is 15.3 Å². The van der Waals surface area contributed by atoms with Crippen LogP contribution in [-0.2, 0) is 11.3 Å². The Kier molecular flexibility index (Phi) is 3.42. The summed E-state index contributed by atoms with van der Waals surface area (Å²) in [5.41, 5.74) is 0.927. The molecule has 3 unspecified atom stereocenters. The number of nitrogens with zero attached hydrogens (tertiary/aromatic N) is 1. The molecule has 3 atom stereocenters. The van der Waals surface area contributed by atoms with Gasteiger partial charge >= 0.3 is 5.97 Å². The SMILES string of the molecule is O=C(O)C1CC(O)N(Cc2ccccc2)C1O. The Morgan fingerprint density at radius 1 is 1.29 bits per heavy atom. The molecule has 0 amide bonds. The van der Waals surface area contributed by atoms with Crippen molar-refractivity contribution < 1.29 is 20.1 Å². The lowest BCUT2D eigenvalue weighted by Crippen LogP contribution is -2.38. The Hall–Kier alpha value is -1.43. The van der Waals surface area contributed by atoms with E-state index in [4.69, 9.17) is 5.11 Å². The highest BCUT2D eigenvalue weighted by molar-refractivity contribution is 5.71. The van der Waals surface area contributed by atoms with Crippen molar-refractivity contribution in [2.75, 3.05) is 0 Å². The fourth-order valence-corrected chi connectivity index (χ4v) is 2.11. The van der Waals surface area contributed by atoms with Crippen molar-refractivity contribution in [2.45, 2.75) is 25.4 Å². The average Bonchev–Trinajstić information content (AvgIpc) is 2.58. The molecule has 1 aromatic carbocycles. The lowest BCUT2D eigenvalue weighted by molar-refractivity contribution is -0.147. The summed E-state index contributed by atoms with van der Waals surface area (Å²) >= 11 is 0. The van der Waals surface area contributed by atoms with Gasteiger partial charge in [-0.3, -0.25) is 4.79 Å². The monoisotopic (exact) mass is 237 g/mol. The molecule has 1 aliphatic heterocycles. The summed E-state index contributed by atoms with van der Waals surface area (Å²) in [4.78, 5) is 12.3. The standard InChI is InChI=1S/C12H15NO4/c14-10-6-9(12(16)17)11(15)13(10)7-8-4-2-1-3-5-8/h1-5,9-11,14-15H,6-7H2,(H,16,17). The molecule has 2 rings (SSSR count). The Bertz CT molecular complexity index is 395. The summed E-state index contributed by atoms with van der Waals surface area (Å²) in [6.07, 6.45) is -1.99. The molecule has 1 fully saturated rings. The van der Waals surface area contributed by atoms with Gasteiger partial charge in [-0.1, -0.05) is 30.3 Å². The highest BCUT2D eigenvalue weighted by Crippen LogP contribution is 2.28. The Morgan fingerprint density at radius 3 is 2.47 bits per heavy atom. The van der Waals surface area contributed by atoms with Gasteiger partial charge in [-0.2, -0.15) is 0 Å². The molecule has 0 aromatic heterocycles. The van der Waals surface area contributed by atoms with Gasteiger partial charge in [-0.05, 0) is 5.56 Å². The number of rotatable bonds is 3. The predicted molar refractivity (Wildman–Crippen MR) is 59.7 cm³/mol. The summed E-state index contributed by atoms with van der Waals surface area (Å²) < 4.78 is 0. The van der Waals surface area contributed by atoms with E-state index in [9.17, 15) is 15.0 Å². The van der Waals surface area contributed by atoms with Crippen LogP contribution in [0.3, 0.4) is 0 Å². The van der Waals surface area contributed by atoms with E-state index in [0.29, 0.717) is 6.54 Å². The van der Waals surface area contributed by atoms with Gasteiger partial charge in [0.05, 0.1) is 5.92 Å². The van der Waals surface area contributed by atoms with Gasteiger partial charge in [-0.15, -0.1) is 0 Å². The summed E-state index contributed by atoms with van der Waals surface area (Å²) in [7, 11) is 0. The van der Waals surface area contributed by atoms with Crippen molar-refractivity contribution in [1.29, 1.82) is 0 Å². The van der Waals surface area contributed by atoms with Crippen LogP contribution < -0.4 is 0 Å². The molecule has 0 aliphatic carbocycles. The van der Waals surface area contributed by atoms with Crippen LogP contribution in [0.5, 0.6) is 0 Å². The van der Waals surface area contributed by atoms with Crippen LogP contribution in [-0.4, -0.2) is 38.6 Å². The van der Waals surface area contributed by atoms with E-state index in [1.54, 1.807) is 0 Å². The number of carbonyl (C=O) groups is 1. The summed E-state index contributed by atoms with van der Waals surface area (Å²) in [6, 6.07) is 9.33. The smallest absolute Gasteiger partial charge is 0.310 e. The maximum atomic E-state index is 10.9. The first kappa shape index (κ1) is 12.0. The molecule has 1 heterocycles. The van der Waals surface area contributed by atoms with Crippen LogP contribution in [0.1, 0.15) is 12.0 Å². The predicted octanol–water partition coefficient (Wildman–Crippen LogP) is 0.230. The average molecular weight is 237 g/mol. The molecule has 1 saturated heterocycles. The molecule has 0 saturated carbocycles. The zero-order valence-electron chi connectivity index (χ0n) is 9.23. The van der Waals surface area contributed by atoms with E-state index in [2.05, 4.69) is 0 Å². The molecular formula is C12H15NO4. The number of benzene rings is 1. The second kappa shape index (κ2) is 4.83. The Labute approximate surface area is 98.9 Å². The number of aliphatic hydroxyl groups is 2. The molecule has 1 aliphatic rings. The Balaban J connectivity index is 2.09. The van der Waals surface area contributed by atoms with Crippen LogP contribution in [0, 0.1) is 5.92 Å². The molecule has 0 spiro atoms. The van der Waals surface area contributed by atoms with E-state index in [1.807, 2.05) is 30.3 Å². The van der Waals surface area contributed by atoms with E-state index < -0.39 is 24.3 Å². The van der Waals surface area contributed by atoms with Crippen LogP contribution in [0.4, 0.5) is 0 Å². The quantitative estimate of drug-likeness (QED) is 0.701. The lowest BCUT2D eigenvalue weighted by atomic mass is 10.1. The van der Waals surface area contributed by atoms with Crippen molar-refractivity contribution in [3.63, 3.8) is 0 Å². The number of carboxylic acids is 1. The summed E-state index contributed by atoms with van der Waals surface area (Å²) in [5, 5.41) is 28.5. The zero-order chi connectivity index (χ0) is 12.4. The topological polar surface area (TPSA) is 81.0 Å². The largest absolute Gasteiger partial charge is 0.481 e. The molecule has 5 nitrogen and oxygen atoms in total. The number of hydrogen-bond acceptors (Lipinski definition) is 4. The third-order valence-corrected chi connectivity index (χ3v) is 3.07. The van der Waals surface area contributed by atoms with Crippen molar-refractivity contribution in [3.05, 3.63) is 35.9 Å². The van der Waals surface area contributed by atoms with E-state index in [0.717, 1.165) is 5.56 Å². The van der Waals surface area contributed by atoms with Crippen LogP contribution in [0.2, 0.25) is 0 Å². The first-order valence-electron chi connectivity index (χ1n) is 5.48. The van der Waals surface area contributed by atoms with Gasteiger partial charge in [-0.25, -0.2) is 4.90 Å². The van der Waals surface area contributed by atoms with Crippen LogP contribution in [0.15, 0.2) is 30.3 Å². The van der Waals surface area contributed by atoms with Gasteiger partial charge in [0.15, 0.2) is 0 Å². The van der Waals surface area contributed by atoms with E-state index >= 15 is 0 Å². The van der Waals surface area contributed by atoms with Gasteiger partial charge in [0, 0.05) is 13.0 Å². The Morgan fingerprint density at radius 2 is 1.94 bits per heavy atom. The number of likely N-dealkylation sites (tertiary alicyclic amines) is 1. The minimum Gasteiger partial charge on any atom is -0.481 e. The second-order valence-corrected chi connectivity index (χ2v) is 4.23. The molecule has 17 heavy (non-hydrogen) atoms. The molecule has 1 aromatic rings. The normalized spacial score (nSPS) is 29.4. The lowest BCUT2D eigenvalue weighted by Gasteiger charge is -2.24. The van der Waals surface area contributed by atoms with E-state index in [1.165, 1.54) is 4.90 Å². The van der Waals surface area contributed by atoms with Crippen LogP contribution in [0.25, 0.3) is 0 Å². The maximum Gasteiger partial charge on any atom is 0.310 e. The van der Waals surface area contributed by atoms with Gasteiger partial charge in [0.25, 0.3) is 0 Å². The highest BCUT2D eigenvalue weighted by atomic mass is 16.4. The molecular weight excluding hydrogens is 222 g/mol. The number of aliphatic hydroxyl groups excluding tert-OH is 2. The third kappa shape index (κ3) is 2.46. The molecule has 0 bridgehead atoms. The van der Waals surface area contributed by atoms with Crippen LogP contribution >= 0.6 is 0 Å². The maximum absolute atomic E-state index is 10.9. The highest BCUT2D eigenvalue weighted by Gasteiger charge is 2.43. The molecule has 0 radical (unpaired) electrons. The van der Waals surface area contributed by atoms with Gasteiger partial charge in [0.1, 0.15) is 12.5 Å². The summed E-state index contributed by atoms with van der Waals surface area (Å²) in [5.74, 6) is -2.00. The minimum atomic E-state index is -1.14. The third-order valence-electron chi connectivity index (χ3n) is 3.07. The molecule has 3 N–H and O–H groups in total. The fraction of sp³-hybridized carbons (Fsp3) is 0.417. The summed E-state index contributed by atoms with van der Waals surface area (Å²) in [6.45, 7) is 0.340. The molecule has 5 heteroatoms. The second-order valence-electron chi connectivity index (χ2n) is 4.23. The fourth-order valence-electron chi connectivity index (χ4n) is 2.11. The van der Waals surface area contributed by atoms with Crippen molar-refractivity contribution in [1.82, 2.24) is 4.90 Å². The zero-order valence-corrected chi connectivity index (χ0v) is 9.23. The number of aliphatic carboxylic acids is 1. The van der Waals surface area contributed by atoms with Crippen molar-refractivity contribution in [2.24, 2.45) is 5.92 Å².